The van der Waals surface area contributed by atoms with Gasteiger partial charge in [-0.2, -0.15) is 0 Å². The van der Waals surface area contributed by atoms with E-state index in [0.29, 0.717) is 29.1 Å². The predicted molar refractivity (Wildman–Crippen MR) is 94.7 cm³/mol. The first kappa shape index (κ1) is 18.2. The van der Waals surface area contributed by atoms with Crippen LogP contribution in [0.5, 0.6) is 17.2 Å². The molecule has 2 unspecified atom stereocenters. The minimum absolute atomic E-state index is 0.0326. The number of piperidine rings is 1. The molecule has 0 aromatic heterocycles. The van der Waals surface area contributed by atoms with Crippen molar-refractivity contribution in [2.75, 3.05) is 34.4 Å². The Kier molecular flexibility index (Phi) is 6.12. The topological polar surface area (TPSA) is 48.0 Å². The molecule has 0 spiro atoms. The van der Waals surface area contributed by atoms with Crippen LogP contribution in [0.1, 0.15) is 25.8 Å². The molecular formula is C19H27NO4. The Labute approximate surface area is 144 Å². The van der Waals surface area contributed by atoms with Crippen molar-refractivity contribution >= 4 is 12.0 Å². The fourth-order valence-electron chi connectivity index (χ4n) is 3.29. The van der Waals surface area contributed by atoms with Crippen LogP contribution in [0.4, 0.5) is 0 Å². The molecule has 1 amide bonds. The van der Waals surface area contributed by atoms with Crippen molar-refractivity contribution in [3.63, 3.8) is 0 Å². The molecule has 1 fully saturated rings. The highest BCUT2D eigenvalue weighted by molar-refractivity contribution is 5.92. The summed E-state index contributed by atoms with van der Waals surface area (Å²) in [5, 5.41) is 0. The van der Waals surface area contributed by atoms with E-state index in [1.807, 2.05) is 11.0 Å². The van der Waals surface area contributed by atoms with E-state index >= 15 is 0 Å². The molecule has 1 aromatic rings. The van der Waals surface area contributed by atoms with Crippen LogP contribution in [-0.2, 0) is 4.79 Å². The maximum atomic E-state index is 12.5. The molecule has 0 N–H and O–H groups in total. The summed E-state index contributed by atoms with van der Waals surface area (Å²) in [4.78, 5) is 14.4. The highest BCUT2D eigenvalue weighted by atomic mass is 16.5. The van der Waals surface area contributed by atoms with Gasteiger partial charge in [-0.3, -0.25) is 4.79 Å². The van der Waals surface area contributed by atoms with Crippen molar-refractivity contribution in [1.29, 1.82) is 0 Å². The van der Waals surface area contributed by atoms with Gasteiger partial charge in [0.25, 0.3) is 0 Å². The van der Waals surface area contributed by atoms with Crippen molar-refractivity contribution in [1.82, 2.24) is 4.90 Å². The van der Waals surface area contributed by atoms with Crippen molar-refractivity contribution in [2.45, 2.75) is 20.3 Å². The van der Waals surface area contributed by atoms with Gasteiger partial charge in [-0.25, -0.2) is 0 Å². The van der Waals surface area contributed by atoms with Gasteiger partial charge in [-0.1, -0.05) is 13.8 Å². The minimum Gasteiger partial charge on any atom is -0.496 e. The Morgan fingerprint density at radius 2 is 1.54 bits per heavy atom. The number of benzene rings is 1. The first-order valence-electron chi connectivity index (χ1n) is 8.25. The molecule has 2 atom stereocenters. The monoisotopic (exact) mass is 333 g/mol. The van der Waals surface area contributed by atoms with E-state index in [1.165, 1.54) is 6.42 Å². The molecule has 0 bridgehead atoms. The molecule has 24 heavy (non-hydrogen) atoms. The zero-order valence-corrected chi connectivity index (χ0v) is 15.2. The molecule has 1 aliphatic heterocycles. The average molecular weight is 333 g/mol. The van der Waals surface area contributed by atoms with Gasteiger partial charge in [0.05, 0.1) is 21.3 Å². The van der Waals surface area contributed by atoms with Gasteiger partial charge in [-0.05, 0) is 30.4 Å². The summed E-state index contributed by atoms with van der Waals surface area (Å²) in [5.74, 6) is 2.95. The fraction of sp³-hybridized carbons (Fsp3) is 0.526. The molecule has 0 saturated carbocycles. The fourth-order valence-corrected chi connectivity index (χ4v) is 3.29. The number of likely N-dealkylation sites (tertiary alicyclic amines) is 1. The number of rotatable bonds is 5. The smallest absolute Gasteiger partial charge is 0.246 e. The number of nitrogens with zero attached hydrogens (tertiary/aromatic N) is 1. The summed E-state index contributed by atoms with van der Waals surface area (Å²) in [6.07, 6.45) is 4.55. The summed E-state index contributed by atoms with van der Waals surface area (Å²) in [5.41, 5.74) is 0.779. The molecule has 1 heterocycles. The molecule has 1 aliphatic rings. The molecule has 0 aliphatic carbocycles. The van der Waals surface area contributed by atoms with Crippen molar-refractivity contribution in [2.24, 2.45) is 11.8 Å². The van der Waals surface area contributed by atoms with E-state index in [-0.39, 0.29) is 5.91 Å². The quantitative estimate of drug-likeness (QED) is 0.776. The van der Waals surface area contributed by atoms with Gasteiger partial charge in [0.15, 0.2) is 11.5 Å². The Morgan fingerprint density at radius 1 is 1.00 bits per heavy atom. The largest absolute Gasteiger partial charge is 0.496 e. The van der Waals surface area contributed by atoms with E-state index in [0.717, 1.165) is 18.7 Å². The van der Waals surface area contributed by atoms with E-state index in [4.69, 9.17) is 14.2 Å². The number of hydrogen-bond donors (Lipinski definition) is 0. The lowest BCUT2D eigenvalue weighted by molar-refractivity contribution is -0.128. The highest BCUT2D eigenvalue weighted by Crippen LogP contribution is 2.35. The molecule has 1 aromatic carbocycles. The second kappa shape index (κ2) is 8.08. The van der Waals surface area contributed by atoms with Crippen LogP contribution in [0.25, 0.3) is 6.08 Å². The Bertz CT molecular complexity index is 602. The third-order valence-corrected chi connectivity index (χ3v) is 4.32. The number of ether oxygens (including phenoxy) is 3. The molecule has 5 nitrogen and oxygen atoms in total. The Balaban J connectivity index is 2.19. The number of methoxy groups -OCH3 is 3. The van der Waals surface area contributed by atoms with Crippen LogP contribution in [0.15, 0.2) is 18.2 Å². The second-order valence-corrected chi connectivity index (χ2v) is 6.47. The normalized spacial score (nSPS) is 21.0. The summed E-state index contributed by atoms with van der Waals surface area (Å²) >= 11 is 0. The van der Waals surface area contributed by atoms with Crippen LogP contribution in [0.3, 0.4) is 0 Å². The first-order valence-corrected chi connectivity index (χ1v) is 8.25. The number of carbonyl (C=O) groups is 1. The summed E-state index contributed by atoms with van der Waals surface area (Å²) in [6.45, 7) is 6.02. The molecule has 1 saturated heterocycles. The van der Waals surface area contributed by atoms with Crippen molar-refractivity contribution < 1.29 is 19.0 Å². The van der Waals surface area contributed by atoms with E-state index in [1.54, 1.807) is 39.5 Å². The van der Waals surface area contributed by atoms with Crippen LogP contribution in [0, 0.1) is 11.8 Å². The average Bonchev–Trinajstić information content (AvgIpc) is 2.57. The lowest BCUT2D eigenvalue weighted by atomic mass is 9.92. The van der Waals surface area contributed by atoms with Gasteiger partial charge < -0.3 is 19.1 Å². The third-order valence-electron chi connectivity index (χ3n) is 4.32. The summed E-state index contributed by atoms with van der Waals surface area (Å²) < 4.78 is 16.0. The van der Waals surface area contributed by atoms with Crippen LogP contribution in [-0.4, -0.2) is 45.2 Å². The highest BCUT2D eigenvalue weighted by Gasteiger charge is 2.24. The van der Waals surface area contributed by atoms with Gasteiger partial charge >= 0.3 is 0 Å². The van der Waals surface area contributed by atoms with Crippen molar-refractivity contribution in [3.8, 4) is 17.2 Å². The second-order valence-electron chi connectivity index (χ2n) is 6.47. The van der Waals surface area contributed by atoms with Crippen LogP contribution >= 0.6 is 0 Å². The molecule has 0 radical (unpaired) electrons. The Hall–Kier alpha value is -2.17. The van der Waals surface area contributed by atoms with Crippen LogP contribution < -0.4 is 14.2 Å². The standard InChI is InChI=1S/C19H27NO4/c1-13-8-14(2)12-20(11-13)19(21)7-6-15-9-17(23-4)18(24-5)10-16(15)22-3/h6-7,9-10,13-14H,8,11-12H2,1-5H3/b7-6+. The minimum atomic E-state index is 0.0326. The van der Waals surface area contributed by atoms with Gasteiger partial charge in [0.1, 0.15) is 5.75 Å². The number of carbonyl (C=O) groups excluding carboxylic acids is 1. The molecular weight excluding hydrogens is 306 g/mol. The lowest BCUT2D eigenvalue weighted by Gasteiger charge is -2.34. The first-order chi connectivity index (χ1) is 11.5. The maximum Gasteiger partial charge on any atom is 0.246 e. The Morgan fingerprint density at radius 3 is 2.08 bits per heavy atom. The third kappa shape index (κ3) is 4.22. The van der Waals surface area contributed by atoms with Crippen LogP contribution in [0.2, 0.25) is 0 Å². The number of amides is 1. The molecule has 2 rings (SSSR count). The zero-order chi connectivity index (χ0) is 17.7. The van der Waals surface area contributed by atoms with E-state index in [9.17, 15) is 4.79 Å². The van der Waals surface area contributed by atoms with E-state index in [2.05, 4.69) is 13.8 Å². The maximum absolute atomic E-state index is 12.5. The summed E-state index contributed by atoms with van der Waals surface area (Å²) in [7, 11) is 4.75. The van der Waals surface area contributed by atoms with Gasteiger partial charge in [0.2, 0.25) is 5.91 Å². The van der Waals surface area contributed by atoms with Crippen molar-refractivity contribution in [3.05, 3.63) is 23.8 Å². The molecule has 5 heteroatoms. The zero-order valence-electron chi connectivity index (χ0n) is 15.2. The van der Waals surface area contributed by atoms with Gasteiger partial charge in [-0.15, -0.1) is 0 Å². The van der Waals surface area contributed by atoms with E-state index < -0.39 is 0 Å². The molecule has 132 valence electrons. The predicted octanol–water partition coefficient (Wildman–Crippen LogP) is 3.23. The summed E-state index contributed by atoms with van der Waals surface area (Å²) in [6, 6.07) is 3.57. The SMILES string of the molecule is COc1cc(OC)c(OC)cc1/C=C/C(=O)N1CC(C)CC(C)C1. The number of hydrogen-bond acceptors (Lipinski definition) is 4. The van der Waals surface area contributed by atoms with Gasteiger partial charge in [0, 0.05) is 30.8 Å². The lowest BCUT2D eigenvalue weighted by Crippen LogP contribution is -2.41.